The third kappa shape index (κ3) is 8.76. The SMILES string of the molecule is CCCCOC(=O)CCCN=C=O. The van der Waals surface area contributed by atoms with E-state index in [4.69, 9.17) is 4.74 Å². The van der Waals surface area contributed by atoms with Crippen LogP contribution in [0.15, 0.2) is 4.99 Å². The second-order valence-electron chi connectivity index (χ2n) is 2.65. The molecule has 0 unspecified atom stereocenters. The molecule has 4 heteroatoms. The van der Waals surface area contributed by atoms with E-state index in [0.29, 0.717) is 26.0 Å². The van der Waals surface area contributed by atoms with E-state index in [2.05, 4.69) is 4.99 Å². The third-order valence-corrected chi connectivity index (χ3v) is 1.48. The van der Waals surface area contributed by atoms with Crippen molar-refractivity contribution in [3.8, 4) is 0 Å². The van der Waals surface area contributed by atoms with Gasteiger partial charge in [0.15, 0.2) is 0 Å². The Hall–Kier alpha value is -1.15. The average Bonchev–Trinajstić information content (AvgIpc) is 2.13. The van der Waals surface area contributed by atoms with Gasteiger partial charge in [-0.15, -0.1) is 0 Å². The summed E-state index contributed by atoms with van der Waals surface area (Å²) in [7, 11) is 0. The Balaban J connectivity index is 3.24. The molecule has 0 fully saturated rings. The zero-order valence-corrected chi connectivity index (χ0v) is 7.91. The van der Waals surface area contributed by atoms with Crippen molar-refractivity contribution in [2.75, 3.05) is 13.2 Å². The molecule has 0 aliphatic rings. The van der Waals surface area contributed by atoms with Crippen molar-refractivity contribution >= 4 is 12.0 Å². The minimum Gasteiger partial charge on any atom is -0.466 e. The molecule has 0 spiro atoms. The molecule has 0 amide bonds. The van der Waals surface area contributed by atoms with Crippen molar-refractivity contribution in [3.05, 3.63) is 0 Å². The fourth-order valence-electron chi connectivity index (χ4n) is 0.751. The minimum atomic E-state index is -0.213. The summed E-state index contributed by atoms with van der Waals surface area (Å²) in [6, 6.07) is 0. The molecule has 0 aromatic carbocycles. The zero-order chi connectivity index (χ0) is 9.94. The average molecular weight is 185 g/mol. The zero-order valence-electron chi connectivity index (χ0n) is 7.91. The van der Waals surface area contributed by atoms with Gasteiger partial charge in [0.25, 0.3) is 0 Å². The first-order chi connectivity index (χ1) is 6.31. The van der Waals surface area contributed by atoms with E-state index in [9.17, 15) is 9.59 Å². The Morgan fingerprint density at radius 1 is 1.46 bits per heavy atom. The largest absolute Gasteiger partial charge is 0.466 e. The maximum atomic E-state index is 10.9. The van der Waals surface area contributed by atoms with E-state index in [1.165, 1.54) is 6.08 Å². The summed E-state index contributed by atoms with van der Waals surface area (Å²) < 4.78 is 4.88. The molecule has 0 N–H and O–H groups in total. The molecular formula is C9H15NO3. The van der Waals surface area contributed by atoms with Crippen LogP contribution in [-0.4, -0.2) is 25.2 Å². The minimum absolute atomic E-state index is 0.213. The van der Waals surface area contributed by atoms with Crippen molar-refractivity contribution in [2.24, 2.45) is 4.99 Å². The van der Waals surface area contributed by atoms with Crippen molar-refractivity contribution < 1.29 is 14.3 Å². The smallest absolute Gasteiger partial charge is 0.305 e. The number of rotatable bonds is 7. The highest BCUT2D eigenvalue weighted by Crippen LogP contribution is 1.95. The maximum Gasteiger partial charge on any atom is 0.305 e. The summed E-state index contributed by atoms with van der Waals surface area (Å²) in [6.45, 7) is 2.88. The summed E-state index contributed by atoms with van der Waals surface area (Å²) in [5.74, 6) is -0.213. The van der Waals surface area contributed by atoms with Crippen LogP contribution < -0.4 is 0 Å². The summed E-state index contributed by atoms with van der Waals surface area (Å²) in [4.78, 5) is 23.9. The molecule has 0 atom stereocenters. The van der Waals surface area contributed by atoms with Gasteiger partial charge in [-0.3, -0.25) is 4.79 Å². The fraction of sp³-hybridized carbons (Fsp3) is 0.778. The van der Waals surface area contributed by atoms with Crippen LogP contribution in [0.4, 0.5) is 0 Å². The molecule has 0 saturated heterocycles. The molecule has 4 nitrogen and oxygen atoms in total. The monoisotopic (exact) mass is 185 g/mol. The van der Waals surface area contributed by atoms with Gasteiger partial charge in [-0.1, -0.05) is 13.3 Å². The number of hydrogen-bond acceptors (Lipinski definition) is 4. The topological polar surface area (TPSA) is 55.7 Å². The molecule has 0 heterocycles. The van der Waals surface area contributed by atoms with Gasteiger partial charge >= 0.3 is 5.97 Å². The number of carbonyl (C=O) groups excluding carboxylic acids is 2. The fourth-order valence-corrected chi connectivity index (χ4v) is 0.751. The maximum absolute atomic E-state index is 10.9. The molecule has 0 radical (unpaired) electrons. The molecule has 74 valence electrons. The highest BCUT2D eigenvalue weighted by atomic mass is 16.5. The van der Waals surface area contributed by atoms with Crippen LogP contribution >= 0.6 is 0 Å². The predicted molar refractivity (Wildman–Crippen MR) is 48.1 cm³/mol. The first kappa shape index (κ1) is 11.8. The van der Waals surface area contributed by atoms with Crippen LogP contribution in [0.5, 0.6) is 0 Å². The molecule has 0 aromatic rings. The quantitative estimate of drug-likeness (QED) is 0.261. The van der Waals surface area contributed by atoms with E-state index in [1.54, 1.807) is 0 Å². The molecule has 13 heavy (non-hydrogen) atoms. The lowest BCUT2D eigenvalue weighted by Gasteiger charge is -2.01. The first-order valence-corrected chi connectivity index (χ1v) is 4.50. The summed E-state index contributed by atoms with van der Waals surface area (Å²) >= 11 is 0. The van der Waals surface area contributed by atoms with Crippen molar-refractivity contribution in [1.29, 1.82) is 0 Å². The van der Waals surface area contributed by atoms with E-state index in [1.807, 2.05) is 6.92 Å². The Morgan fingerprint density at radius 2 is 2.23 bits per heavy atom. The van der Waals surface area contributed by atoms with Crippen molar-refractivity contribution in [3.63, 3.8) is 0 Å². The Labute approximate surface area is 78.0 Å². The Bertz CT molecular complexity index is 185. The van der Waals surface area contributed by atoms with Gasteiger partial charge in [0, 0.05) is 6.42 Å². The van der Waals surface area contributed by atoms with Gasteiger partial charge in [0.1, 0.15) is 0 Å². The number of aliphatic imine (C=N–C) groups is 1. The number of ether oxygens (including phenoxy) is 1. The van der Waals surface area contributed by atoms with Crippen LogP contribution in [0.1, 0.15) is 32.6 Å². The summed E-state index contributed by atoms with van der Waals surface area (Å²) in [5.41, 5.74) is 0. The van der Waals surface area contributed by atoms with Gasteiger partial charge in [0.2, 0.25) is 6.08 Å². The molecule has 0 rings (SSSR count). The van der Waals surface area contributed by atoms with Gasteiger partial charge < -0.3 is 4.74 Å². The van der Waals surface area contributed by atoms with Crippen LogP contribution in [0, 0.1) is 0 Å². The highest BCUT2D eigenvalue weighted by Gasteiger charge is 2.00. The lowest BCUT2D eigenvalue weighted by Crippen LogP contribution is -2.05. The van der Waals surface area contributed by atoms with Crippen LogP contribution in [0.25, 0.3) is 0 Å². The number of carbonyl (C=O) groups is 1. The summed E-state index contributed by atoms with van der Waals surface area (Å²) in [6.07, 6.45) is 4.22. The van der Waals surface area contributed by atoms with Crippen molar-refractivity contribution in [1.82, 2.24) is 0 Å². The highest BCUT2D eigenvalue weighted by molar-refractivity contribution is 5.69. The molecule has 0 saturated carbocycles. The van der Waals surface area contributed by atoms with Gasteiger partial charge in [0.05, 0.1) is 13.2 Å². The summed E-state index contributed by atoms with van der Waals surface area (Å²) in [5, 5.41) is 0. The third-order valence-electron chi connectivity index (χ3n) is 1.48. The van der Waals surface area contributed by atoms with Gasteiger partial charge in [-0.2, -0.15) is 0 Å². The number of hydrogen-bond donors (Lipinski definition) is 0. The number of esters is 1. The molecule has 0 aliphatic heterocycles. The number of isocyanates is 1. The molecule has 0 bridgehead atoms. The second kappa shape index (κ2) is 8.94. The standard InChI is InChI=1S/C9H15NO3/c1-2-3-7-13-9(12)5-4-6-10-8-11/h2-7H2,1H3. The number of unbranched alkanes of at least 4 members (excludes halogenated alkanes) is 1. The van der Waals surface area contributed by atoms with E-state index in [-0.39, 0.29) is 5.97 Å². The molecule has 0 aromatic heterocycles. The lowest BCUT2D eigenvalue weighted by molar-refractivity contribution is -0.143. The number of nitrogens with zero attached hydrogens (tertiary/aromatic N) is 1. The van der Waals surface area contributed by atoms with Crippen LogP contribution in [0.3, 0.4) is 0 Å². The van der Waals surface area contributed by atoms with Crippen LogP contribution in [0.2, 0.25) is 0 Å². The second-order valence-corrected chi connectivity index (χ2v) is 2.65. The van der Waals surface area contributed by atoms with E-state index >= 15 is 0 Å². The van der Waals surface area contributed by atoms with E-state index in [0.717, 1.165) is 12.8 Å². The Morgan fingerprint density at radius 3 is 2.85 bits per heavy atom. The van der Waals surface area contributed by atoms with Gasteiger partial charge in [-0.25, -0.2) is 9.79 Å². The normalized spacial score (nSPS) is 9.00. The Kier molecular flexibility index (Phi) is 8.15. The van der Waals surface area contributed by atoms with Crippen molar-refractivity contribution in [2.45, 2.75) is 32.6 Å². The first-order valence-electron chi connectivity index (χ1n) is 4.50. The molecule has 0 aliphatic carbocycles. The predicted octanol–water partition coefficient (Wildman–Crippen LogP) is 1.45. The lowest BCUT2D eigenvalue weighted by atomic mass is 10.3. The van der Waals surface area contributed by atoms with Crippen LogP contribution in [-0.2, 0) is 14.3 Å². The van der Waals surface area contributed by atoms with E-state index < -0.39 is 0 Å². The molecular weight excluding hydrogens is 170 g/mol. The van der Waals surface area contributed by atoms with Gasteiger partial charge in [-0.05, 0) is 12.8 Å².